The van der Waals surface area contributed by atoms with Crippen molar-refractivity contribution in [2.45, 2.75) is 0 Å². The second kappa shape index (κ2) is 8.85. The average molecular weight is 414 g/mol. The number of benzene rings is 2. The van der Waals surface area contributed by atoms with Crippen molar-refractivity contribution in [1.29, 1.82) is 0 Å². The number of ketones is 1. The fourth-order valence-corrected chi connectivity index (χ4v) is 6.35. The molecule has 0 atom stereocenters. The van der Waals surface area contributed by atoms with Crippen molar-refractivity contribution in [2.75, 3.05) is 12.5 Å². The van der Waals surface area contributed by atoms with Crippen LogP contribution < -0.4 is 4.46 Å². The van der Waals surface area contributed by atoms with Crippen LogP contribution in [0.5, 0.6) is 0 Å². The van der Waals surface area contributed by atoms with Gasteiger partial charge in [0, 0.05) is 0 Å². The molecule has 0 aliphatic heterocycles. The van der Waals surface area contributed by atoms with E-state index in [0.29, 0.717) is 10.6 Å². The van der Waals surface area contributed by atoms with Crippen LogP contribution in [0.2, 0.25) is 5.02 Å². The van der Waals surface area contributed by atoms with Crippen LogP contribution in [0.15, 0.2) is 63.3 Å². The Morgan fingerprint density at radius 3 is 2.09 bits per heavy atom. The second-order valence-corrected chi connectivity index (χ2v) is 8.88. The molecule has 1 nitrogen and oxygen atoms in total. The van der Waals surface area contributed by atoms with Crippen LogP contribution in [-0.2, 0) is 0 Å². The zero-order valence-corrected chi connectivity index (χ0v) is 16.3. The van der Waals surface area contributed by atoms with E-state index in [2.05, 4.69) is 12.1 Å². The molecule has 0 fully saturated rings. The van der Waals surface area contributed by atoms with Gasteiger partial charge in [-0.15, -0.1) is 0 Å². The van der Waals surface area contributed by atoms with Gasteiger partial charge in [-0.3, -0.25) is 0 Å². The molecule has 0 unspecified atom stereocenters. The third-order valence-electron chi connectivity index (χ3n) is 2.83. The van der Waals surface area contributed by atoms with E-state index in [1.165, 1.54) is 4.46 Å². The number of rotatable bonds is 6. The maximum atomic E-state index is 12.9. The standard InChI is InChI=1S/C17H15ClOS2Se/c1-20-17(21-2)16(22-14-6-4-3-5-7-14)15(19)12-8-10-13(18)11-9-12/h3-11H,1-2H3. The van der Waals surface area contributed by atoms with Crippen LogP contribution in [-0.4, -0.2) is 33.3 Å². The average Bonchev–Trinajstić information content (AvgIpc) is 2.56. The minimum absolute atomic E-state index is 0.0146. The normalized spacial score (nSPS) is 10.3. The van der Waals surface area contributed by atoms with Gasteiger partial charge in [-0.2, -0.15) is 0 Å². The van der Waals surface area contributed by atoms with Crippen LogP contribution in [0.1, 0.15) is 10.4 Å². The number of hydrogen-bond acceptors (Lipinski definition) is 3. The van der Waals surface area contributed by atoms with Crippen molar-refractivity contribution in [2.24, 2.45) is 0 Å². The van der Waals surface area contributed by atoms with E-state index in [9.17, 15) is 4.79 Å². The first-order valence-corrected chi connectivity index (χ1v) is 11.0. The Morgan fingerprint density at radius 1 is 0.955 bits per heavy atom. The van der Waals surface area contributed by atoms with Gasteiger partial charge in [0.25, 0.3) is 0 Å². The number of halogens is 1. The molecule has 0 radical (unpaired) electrons. The molecule has 114 valence electrons. The van der Waals surface area contributed by atoms with Gasteiger partial charge in [0.2, 0.25) is 0 Å². The van der Waals surface area contributed by atoms with Crippen molar-refractivity contribution in [3.8, 4) is 0 Å². The number of carbonyl (C=O) groups is 1. The Labute approximate surface area is 151 Å². The third-order valence-corrected chi connectivity index (χ3v) is 8.13. The Balaban J connectivity index is 2.38. The van der Waals surface area contributed by atoms with Crippen LogP contribution in [0.3, 0.4) is 0 Å². The van der Waals surface area contributed by atoms with Crippen molar-refractivity contribution < 1.29 is 4.79 Å². The first kappa shape index (κ1) is 17.7. The molecular weight excluding hydrogens is 399 g/mol. The molecular formula is C17H15ClOS2Se. The Hall–Kier alpha value is -0.641. The molecule has 0 N–H and O–H groups in total. The van der Waals surface area contributed by atoms with Gasteiger partial charge in [0.1, 0.15) is 0 Å². The summed E-state index contributed by atoms with van der Waals surface area (Å²) in [6.07, 6.45) is 4.03. The fraction of sp³-hybridized carbons (Fsp3) is 0.118. The monoisotopic (exact) mass is 414 g/mol. The predicted molar refractivity (Wildman–Crippen MR) is 102 cm³/mol. The topological polar surface area (TPSA) is 17.1 Å². The van der Waals surface area contributed by atoms with Crippen LogP contribution >= 0.6 is 35.1 Å². The van der Waals surface area contributed by atoms with Crippen molar-refractivity contribution in [3.63, 3.8) is 0 Å². The summed E-state index contributed by atoms with van der Waals surface area (Å²) < 4.78 is 3.19. The summed E-state index contributed by atoms with van der Waals surface area (Å²) in [5, 5.41) is 0.644. The van der Waals surface area contributed by atoms with Gasteiger partial charge in [-0.25, -0.2) is 0 Å². The van der Waals surface area contributed by atoms with Crippen LogP contribution in [0.4, 0.5) is 0 Å². The molecule has 0 amide bonds. The molecule has 2 aromatic carbocycles. The van der Waals surface area contributed by atoms with Gasteiger partial charge in [0.15, 0.2) is 0 Å². The quantitative estimate of drug-likeness (QED) is 0.396. The first-order valence-electron chi connectivity index (χ1n) is 6.51. The van der Waals surface area contributed by atoms with E-state index in [0.717, 1.165) is 8.71 Å². The molecule has 0 spiro atoms. The van der Waals surface area contributed by atoms with Gasteiger partial charge in [0.05, 0.1) is 0 Å². The summed E-state index contributed by atoms with van der Waals surface area (Å²) in [7, 11) is 0. The maximum absolute atomic E-state index is 12.9. The van der Waals surface area contributed by atoms with E-state index in [4.69, 9.17) is 11.6 Å². The number of carbonyl (C=O) groups excluding carboxylic acids is 1. The second-order valence-electron chi connectivity index (χ2n) is 4.28. The SMILES string of the molecule is CSC(SC)=C([Se]c1ccccc1)C(=O)c1ccc(Cl)cc1. The van der Waals surface area contributed by atoms with Crippen molar-refractivity contribution >= 4 is 60.3 Å². The van der Waals surface area contributed by atoms with E-state index < -0.39 is 0 Å². The van der Waals surface area contributed by atoms with Gasteiger partial charge in [-0.1, -0.05) is 0 Å². The van der Waals surface area contributed by atoms with Gasteiger partial charge >= 0.3 is 152 Å². The van der Waals surface area contributed by atoms with E-state index in [-0.39, 0.29) is 20.7 Å². The van der Waals surface area contributed by atoms with Gasteiger partial charge < -0.3 is 0 Å². The predicted octanol–water partition coefficient (Wildman–Crippen LogP) is 4.45. The molecule has 2 rings (SSSR count). The zero-order chi connectivity index (χ0) is 15.9. The molecule has 2 aromatic rings. The molecule has 0 aliphatic carbocycles. The molecule has 5 heteroatoms. The van der Waals surface area contributed by atoms with E-state index in [1.807, 2.05) is 30.7 Å². The Morgan fingerprint density at radius 2 is 1.55 bits per heavy atom. The number of allylic oxidation sites excluding steroid dienone is 1. The summed E-state index contributed by atoms with van der Waals surface area (Å²) in [5.41, 5.74) is 0.692. The van der Waals surface area contributed by atoms with Crippen molar-refractivity contribution in [3.05, 3.63) is 73.9 Å². The Kier molecular flexibility index (Phi) is 7.13. The summed E-state index contributed by atoms with van der Waals surface area (Å²) >= 11 is 9.17. The molecule has 0 saturated heterocycles. The minimum atomic E-state index is -0.0146. The molecule has 0 bridgehead atoms. The first-order chi connectivity index (χ1) is 10.7. The van der Waals surface area contributed by atoms with E-state index >= 15 is 0 Å². The van der Waals surface area contributed by atoms with Crippen LogP contribution in [0.25, 0.3) is 0 Å². The molecule has 22 heavy (non-hydrogen) atoms. The van der Waals surface area contributed by atoms with Crippen LogP contribution in [0, 0.1) is 0 Å². The zero-order valence-electron chi connectivity index (χ0n) is 12.2. The summed E-state index contributed by atoms with van der Waals surface area (Å²) in [4.78, 5) is 12.9. The molecule has 0 aliphatic rings. The third kappa shape index (κ3) is 4.68. The number of hydrogen-bond donors (Lipinski definition) is 0. The fourth-order valence-electron chi connectivity index (χ4n) is 1.79. The molecule has 0 heterocycles. The van der Waals surface area contributed by atoms with Crippen molar-refractivity contribution in [1.82, 2.24) is 0 Å². The summed E-state index contributed by atoms with van der Waals surface area (Å²) in [5.74, 6) is 0.0965. The summed E-state index contributed by atoms with van der Waals surface area (Å²) in [6.45, 7) is 0. The number of thioether (sulfide) groups is 2. The Bertz CT molecular complexity index is 663. The number of Topliss-reactive ketones (excluding diaryl/α,β-unsaturated/α-hetero) is 1. The summed E-state index contributed by atoms with van der Waals surface area (Å²) in [6, 6.07) is 17.3. The molecule has 0 aromatic heterocycles. The molecule has 0 saturated carbocycles. The van der Waals surface area contributed by atoms with E-state index in [1.54, 1.807) is 47.8 Å². The van der Waals surface area contributed by atoms with Gasteiger partial charge in [-0.05, 0) is 0 Å².